The summed E-state index contributed by atoms with van der Waals surface area (Å²) in [6.45, 7) is 1.37. The molecule has 1 aliphatic rings. The van der Waals surface area contributed by atoms with Crippen molar-refractivity contribution < 1.29 is 13.2 Å². The first-order valence-corrected chi connectivity index (χ1v) is 6.22. The summed E-state index contributed by atoms with van der Waals surface area (Å²) in [5, 5.41) is 3.09. The van der Waals surface area contributed by atoms with Gasteiger partial charge in [0.25, 0.3) is 0 Å². The molecule has 0 spiro atoms. The average Bonchev–Trinajstić information content (AvgIpc) is 2.26. The second-order valence-corrected chi connectivity index (χ2v) is 4.59. The molecule has 0 bridgehead atoms. The van der Waals surface area contributed by atoms with Crippen molar-refractivity contribution in [3.8, 4) is 0 Å². The summed E-state index contributed by atoms with van der Waals surface area (Å²) in [4.78, 5) is 0.756. The van der Waals surface area contributed by atoms with E-state index >= 15 is 0 Å². The first-order chi connectivity index (χ1) is 7.52. The first kappa shape index (κ1) is 11.8. The third-order valence-corrected chi connectivity index (χ3v) is 3.52. The molecule has 16 heavy (non-hydrogen) atoms. The number of rotatable bonds is 1. The second-order valence-electron chi connectivity index (χ2n) is 3.74. The number of alkyl halides is 3. The highest BCUT2D eigenvalue weighted by Gasteiger charge is 2.32. The highest BCUT2D eigenvalue weighted by molar-refractivity contribution is 7.98. The lowest BCUT2D eigenvalue weighted by Gasteiger charge is -2.21. The van der Waals surface area contributed by atoms with Gasteiger partial charge < -0.3 is 5.32 Å². The summed E-state index contributed by atoms with van der Waals surface area (Å²) < 4.78 is 37.9. The summed E-state index contributed by atoms with van der Waals surface area (Å²) in [5.74, 6) is 0. The Bertz CT molecular complexity index is 384. The molecule has 1 aliphatic heterocycles. The van der Waals surface area contributed by atoms with Crippen LogP contribution in [0.4, 0.5) is 13.2 Å². The van der Waals surface area contributed by atoms with Crippen molar-refractivity contribution in [2.45, 2.75) is 24.0 Å². The second kappa shape index (κ2) is 4.30. The van der Waals surface area contributed by atoms with Crippen molar-refractivity contribution in [1.82, 2.24) is 5.32 Å². The molecule has 1 aromatic carbocycles. The van der Waals surface area contributed by atoms with E-state index in [1.807, 2.05) is 6.26 Å². The first-order valence-electron chi connectivity index (χ1n) is 5.00. The normalized spacial score (nSPS) is 16.0. The van der Waals surface area contributed by atoms with Crippen LogP contribution in [0.2, 0.25) is 0 Å². The van der Waals surface area contributed by atoms with E-state index in [4.69, 9.17) is 0 Å². The van der Waals surface area contributed by atoms with Gasteiger partial charge in [-0.15, -0.1) is 11.8 Å². The van der Waals surface area contributed by atoms with Crippen molar-refractivity contribution in [3.05, 3.63) is 28.8 Å². The molecule has 0 aromatic heterocycles. The van der Waals surface area contributed by atoms with Gasteiger partial charge in [0, 0.05) is 11.4 Å². The quantitative estimate of drug-likeness (QED) is 0.765. The highest BCUT2D eigenvalue weighted by Crippen LogP contribution is 2.35. The van der Waals surface area contributed by atoms with Gasteiger partial charge >= 0.3 is 6.18 Å². The fraction of sp³-hybridized carbons (Fsp3) is 0.455. The third-order valence-electron chi connectivity index (χ3n) is 2.72. The van der Waals surface area contributed by atoms with Gasteiger partial charge in [0.05, 0.1) is 5.56 Å². The molecule has 1 aromatic rings. The lowest BCUT2D eigenvalue weighted by Crippen LogP contribution is -2.25. The van der Waals surface area contributed by atoms with Crippen LogP contribution in [0.1, 0.15) is 16.7 Å². The minimum Gasteiger partial charge on any atom is -0.312 e. The Hall–Kier alpha value is -0.680. The maximum Gasteiger partial charge on any atom is 0.416 e. The van der Waals surface area contributed by atoms with E-state index in [0.717, 1.165) is 29.0 Å². The molecule has 1 N–H and O–H groups in total. The molecular formula is C11H12F3NS. The Balaban J connectivity index is 2.52. The molecule has 0 saturated heterocycles. The van der Waals surface area contributed by atoms with Crippen molar-refractivity contribution in [2.75, 3.05) is 12.8 Å². The fourth-order valence-electron chi connectivity index (χ4n) is 1.93. The fourth-order valence-corrected chi connectivity index (χ4v) is 2.65. The number of hydrogen-bond donors (Lipinski definition) is 1. The van der Waals surface area contributed by atoms with Crippen LogP contribution in [0.5, 0.6) is 0 Å². The van der Waals surface area contributed by atoms with E-state index in [-0.39, 0.29) is 0 Å². The largest absolute Gasteiger partial charge is 0.416 e. The highest BCUT2D eigenvalue weighted by atomic mass is 32.2. The topological polar surface area (TPSA) is 12.0 Å². The van der Waals surface area contributed by atoms with E-state index < -0.39 is 11.7 Å². The molecule has 1 nitrogen and oxygen atoms in total. The third kappa shape index (κ3) is 2.20. The number of hydrogen-bond acceptors (Lipinski definition) is 2. The van der Waals surface area contributed by atoms with Crippen LogP contribution in [0.3, 0.4) is 0 Å². The van der Waals surface area contributed by atoms with Crippen LogP contribution < -0.4 is 5.32 Å². The Morgan fingerprint density at radius 3 is 2.69 bits per heavy atom. The number of benzene rings is 1. The summed E-state index contributed by atoms with van der Waals surface area (Å²) >= 11 is 1.39. The minimum absolute atomic E-state index is 0.535. The molecule has 2 rings (SSSR count). The van der Waals surface area contributed by atoms with Crippen LogP contribution in [0.15, 0.2) is 17.0 Å². The molecule has 1 heterocycles. The van der Waals surface area contributed by atoms with E-state index in [1.54, 1.807) is 0 Å². The lowest BCUT2D eigenvalue weighted by molar-refractivity contribution is -0.137. The zero-order valence-electron chi connectivity index (χ0n) is 8.82. The van der Waals surface area contributed by atoms with Gasteiger partial charge in [-0.05, 0) is 42.5 Å². The molecule has 5 heteroatoms. The molecule has 0 saturated carbocycles. The minimum atomic E-state index is -4.25. The Morgan fingerprint density at radius 2 is 2.06 bits per heavy atom. The number of thioether (sulfide) groups is 1. The van der Waals surface area contributed by atoms with E-state index in [0.29, 0.717) is 6.54 Å². The molecule has 0 amide bonds. The van der Waals surface area contributed by atoms with Crippen molar-refractivity contribution in [1.29, 1.82) is 0 Å². The lowest BCUT2D eigenvalue weighted by atomic mass is 9.98. The summed E-state index contributed by atoms with van der Waals surface area (Å²) in [6.07, 6.45) is -1.63. The van der Waals surface area contributed by atoms with Gasteiger partial charge in [0.2, 0.25) is 0 Å². The van der Waals surface area contributed by atoms with E-state index in [9.17, 15) is 13.2 Å². The maximum atomic E-state index is 12.6. The molecular weight excluding hydrogens is 235 g/mol. The Labute approximate surface area is 96.4 Å². The van der Waals surface area contributed by atoms with Crippen molar-refractivity contribution >= 4 is 11.8 Å². The van der Waals surface area contributed by atoms with Gasteiger partial charge in [-0.25, -0.2) is 0 Å². The van der Waals surface area contributed by atoms with E-state index in [1.165, 1.54) is 23.9 Å². The van der Waals surface area contributed by atoms with Crippen LogP contribution in [0.25, 0.3) is 0 Å². The van der Waals surface area contributed by atoms with Crippen molar-refractivity contribution in [2.24, 2.45) is 0 Å². The zero-order valence-corrected chi connectivity index (χ0v) is 9.63. The summed E-state index contributed by atoms with van der Waals surface area (Å²) in [5.41, 5.74) is 1.31. The number of fused-ring (bicyclic) bond motifs is 1. The van der Waals surface area contributed by atoms with E-state index in [2.05, 4.69) is 5.32 Å². The zero-order chi connectivity index (χ0) is 11.8. The molecule has 0 radical (unpaired) electrons. The van der Waals surface area contributed by atoms with Crippen LogP contribution in [-0.2, 0) is 19.1 Å². The number of nitrogens with one attached hydrogen (secondary N) is 1. The van der Waals surface area contributed by atoms with Gasteiger partial charge in [-0.3, -0.25) is 0 Å². The molecule has 0 fully saturated rings. The average molecular weight is 247 g/mol. The van der Waals surface area contributed by atoms with Crippen molar-refractivity contribution in [3.63, 3.8) is 0 Å². The van der Waals surface area contributed by atoms with Gasteiger partial charge in [0.15, 0.2) is 0 Å². The molecule has 0 unspecified atom stereocenters. The predicted octanol–water partition coefficient (Wildman–Crippen LogP) is 3.07. The van der Waals surface area contributed by atoms with Crippen LogP contribution in [-0.4, -0.2) is 12.8 Å². The molecule has 0 atom stereocenters. The standard InChI is InChI=1S/C11H12F3NS/c1-16-10-5-8(11(12,13)14)4-7-6-15-3-2-9(7)10/h4-5,15H,2-3,6H2,1H3. The summed E-state index contributed by atoms with van der Waals surface area (Å²) in [6, 6.07) is 2.52. The van der Waals surface area contributed by atoms with Crippen LogP contribution in [0, 0.1) is 0 Å². The van der Waals surface area contributed by atoms with Gasteiger partial charge in [-0.1, -0.05) is 0 Å². The summed E-state index contributed by atoms with van der Waals surface area (Å²) in [7, 11) is 0. The smallest absolute Gasteiger partial charge is 0.312 e. The monoisotopic (exact) mass is 247 g/mol. The molecule has 0 aliphatic carbocycles. The Morgan fingerprint density at radius 1 is 1.31 bits per heavy atom. The Kier molecular flexibility index (Phi) is 3.17. The van der Waals surface area contributed by atoms with Gasteiger partial charge in [0.1, 0.15) is 0 Å². The maximum absolute atomic E-state index is 12.6. The number of halogens is 3. The molecule has 88 valence electrons. The SMILES string of the molecule is CSc1cc(C(F)(F)F)cc2c1CCNC2. The predicted molar refractivity (Wildman–Crippen MR) is 58.6 cm³/mol. The van der Waals surface area contributed by atoms with Crippen LogP contribution >= 0.6 is 11.8 Å². The van der Waals surface area contributed by atoms with Gasteiger partial charge in [-0.2, -0.15) is 13.2 Å².